The number of rotatable bonds is 6. The fraction of sp³-hybridized carbons (Fsp3) is 0.467. The molecule has 0 saturated heterocycles. The molecule has 2 amide bonds. The van der Waals surface area contributed by atoms with Crippen LogP contribution in [0.2, 0.25) is 0 Å². The van der Waals surface area contributed by atoms with Gasteiger partial charge in [-0.1, -0.05) is 6.92 Å². The van der Waals surface area contributed by atoms with E-state index >= 15 is 0 Å². The van der Waals surface area contributed by atoms with Crippen molar-refractivity contribution in [3.8, 4) is 0 Å². The van der Waals surface area contributed by atoms with Crippen LogP contribution in [-0.2, 0) is 9.59 Å². The van der Waals surface area contributed by atoms with E-state index in [1.165, 1.54) is 6.92 Å². The molecule has 1 rings (SSSR count). The van der Waals surface area contributed by atoms with Gasteiger partial charge in [0.15, 0.2) is 0 Å². The molecule has 0 fully saturated rings. The minimum Gasteiger partial charge on any atom is -0.326 e. The summed E-state index contributed by atoms with van der Waals surface area (Å²) in [5.74, 6) is -0.148. The Kier molecular flexibility index (Phi) is 6.18. The molecule has 0 saturated carbocycles. The number of nitrogens with one attached hydrogen (secondary N) is 2. The second-order valence-electron chi connectivity index (χ2n) is 4.96. The maximum absolute atomic E-state index is 11.9. The summed E-state index contributed by atoms with van der Waals surface area (Å²) in [7, 11) is 0. The summed E-state index contributed by atoms with van der Waals surface area (Å²) in [4.78, 5) is 24.9. The Morgan fingerprint density at radius 1 is 1.10 bits per heavy atom. The topological polar surface area (TPSA) is 61.4 Å². The number of hydrogen-bond donors (Lipinski definition) is 2. The van der Waals surface area contributed by atoms with E-state index in [9.17, 15) is 9.59 Å². The van der Waals surface area contributed by atoms with Crippen LogP contribution in [0.4, 0.5) is 11.4 Å². The van der Waals surface area contributed by atoms with Crippen molar-refractivity contribution in [2.75, 3.05) is 23.7 Å². The van der Waals surface area contributed by atoms with E-state index in [4.69, 9.17) is 0 Å². The Hall–Kier alpha value is -1.88. The van der Waals surface area contributed by atoms with Crippen LogP contribution in [-0.4, -0.2) is 35.8 Å². The molecule has 2 N–H and O–H groups in total. The highest BCUT2D eigenvalue weighted by Crippen LogP contribution is 2.13. The lowest BCUT2D eigenvalue weighted by molar-refractivity contribution is -0.117. The highest BCUT2D eigenvalue weighted by Gasteiger charge is 2.12. The van der Waals surface area contributed by atoms with Gasteiger partial charge in [0, 0.05) is 24.3 Å². The number of benzene rings is 1. The molecule has 5 heteroatoms. The molecular weight excluding hydrogens is 254 g/mol. The Balaban J connectivity index is 2.55. The molecule has 1 aromatic carbocycles. The van der Waals surface area contributed by atoms with Gasteiger partial charge in [-0.3, -0.25) is 14.5 Å². The van der Waals surface area contributed by atoms with E-state index in [-0.39, 0.29) is 11.8 Å². The van der Waals surface area contributed by atoms with E-state index in [0.717, 1.165) is 12.2 Å². The first-order chi connectivity index (χ1) is 9.42. The second kappa shape index (κ2) is 7.65. The summed E-state index contributed by atoms with van der Waals surface area (Å²) in [5, 5.41) is 5.53. The van der Waals surface area contributed by atoms with E-state index in [2.05, 4.69) is 29.4 Å². The number of carbonyl (C=O) groups excluding carboxylic acids is 2. The maximum atomic E-state index is 11.9. The van der Waals surface area contributed by atoms with Gasteiger partial charge in [-0.25, -0.2) is 0 Å². The number of amides is 2. The van der Waals surface area contributed by atoms with Crippen LogP contribution in [0.1, 0.15) is 27.7 Å². The molecule has 0 aromatic heterocycles. The second-order valence-corrected chi connectivity index (χ2v) is 4.96. The molecule has 0 bridgehead atoms. The summed E-state index contributed by atoms with van der Waals surface area (Å²) >= 11 is 0. The van der Waals surface area contributed by atoms with Crippen LogP contribution in [0.3, 0.4) is 0 Å². The lowest BCUT2D eigenvalue weighted by atomic mass is 10.2. The van der Waals surface area contributed by atoms with E-state index < -0.39 is 0 Å². The molecule has 5 nitrogen and oxygen atoms in total. The predicted molar refractivity (Wildman–Crippen MR) is 81.8 cm³/mol. The van der Waals surface area contributed by atoms with Crippen molar-refractivity contribution in [2.24, 2.45) is 0 Å². The zero-order chi connectivity index (χ0) is 15.1. The number of hydrogen-bond acceptors (Lipinski definition) is 3. The van der Waals surface area contributed by atoms with Crippen LogP contribution in [0.25, 0.3) is 0 Å². The molecule has 0 aliphatic rings. The highest BCUT2D eigenvalue weighted by atomic mass is 16.2. The normalized spacial score (nSPS) is 10.7. The maximum Gasteiger partial charge on any atom is 0.238 e. The fourth-order valence-corrected chi connectivity index (χ4v) is 1.88. The third-order valence-electron chi connectivity index (χ3n) is 2.97. The van der Waals surface area contributed by atoms with Gasteiger partial charge in [0.25, 0.3) is 0 Å². The number of anilines is 2. The molecule has 0 aliphatic carbocycles. The summed E-state index contributed by atoms with van der Waals surface area (Å²) < 4.78 is 0. The fourth-order valence-electron chi connectivity index (χ4n) is 1.88. The van der Waals surface area contributed by atoms with Crippen molar-refractivity contribution in [2.45, 2.75) is 33.7 Å². The van der Waals surface area contributed by atoms with Gasteiger partial charge in [-0.2, -0.15) is 0 Å². The minimum absolute atomic E-state index is 0.0344. The summed E-state index contributed by atoms with van der Waals surface area (Å²) in [6.07, 6.45) is 0. The van der Waals surface area contributed by atoms with Crippen molar-refractivity contribution >= 4 is 23.2 Å². The van der Waals surface area contributed by atoms with Gasteiger partial charge in [0.2, 0.25) is 11.8 Å². The number of nitrogens with zero attached hydrogens (tertiary/aromatic N) is 1. The van der Waals surface area contributed by atoms with Gasteiger partial charge < -0.3 is 10.6 Å². The smallest absolute Gasteiger partial charge is 0.238 e. The molecule has 0 radical (unpaired) electrons. The largest absolute Gasteiger partial charge is 0.326 e. The zero-order valence-electron chi connectivity index (χ0n) is 12.6. The lowest BCUT2D eigenvalue weighted by Gasteiger charge is -2.23. The third kappa shape index (κ3) is 5.40. The standard InChI is InChI=1S/C15H23N3O2/c1-5-18(11(2)3)10-15(20)17-14-8-6-13(7-9-14)16-12(4)19/h6-9,11H,5,10H2,1-4H3,(H,16,19)(H,17,20). The van der Waals surface area contributed by atoms with Crippen molar-refractivity contribution < 1.29 is 9.59 Å². The van der Waals surface area contributed by atoms with E-state index in [1.807, 2.05) is 6.92 Å². The Labute approximate surface area is 120 Å². The third-order valence-corrected chi connectivity index (χ3v) is 2.97. The highest BCUT2D eigenvalue weighted by molar-refractivity contribution is 5.93. The van der Waals surface area contributed by atoms with Gasteiger partial charge in [-0.05, 0) is 44.7 Å². The number of likely N-dealkylation sites (N-methyl/N-ethyl adjacent to an activating group) is 1. The first kappa shape index (κ1) is 16.2. The van der Waals surface area contributed by atoms with Crippen LogP contribution in [0.5, 0.6) is 0 Å². The first-order valence-electron chi connectivity index (χ1n) is 6.84. The van der Waals surface area contributed by atoms with Crippen molar-refractivity contribution in [3.63, 3.8) is 0 Å². The Bertz CT molecular complexity index is 455. The van der Waals surface area contributed by atoms with Crippen LogP contribution in [0.15, 0.2) is 24.3 Å². The number of carbonyl (C=O) groups is 2. The molecule has 0 atom stereocenters. The SMILES string of the molecule is CCN(CC(=O)Nc1ccc(NC(C)=O)cc1)C(C)C. The predicted octanol–water partition coefficient (Wildman–Crippen LogP) is 2.31. The van der Waals surface area contributed by atoms with Crippen molar-refractivity contribution in [1.29, 1.82) is 0 Å². The van der Waals surface area contributed by atoms with E-state index in [0.29, 0.717) is 18.3 Å². The molecule has 0 heterocycles. The van der Waals surface area contributed by atoms with Gasteiger partial charge in [0.1, 0.15) is 0 Å². The summed E-state index contributed by atoms with van der Waals surface area (Å²) in [5.41, 5.74) is 1.44. The average Bonchev–Trinajstić information content (AvgIpc) is 2.37. The molecule has 1 aromatic rings. The van der Waals surface area contributed by atoms with Crippen LogP contribution < -0.4 is 10.6 Å². The van der Waals surface area contributed by atoms with Crippen molar-refractivity contribution in [3.05, 3.63) is 24.3 Å². The zero-order valence-corrected chi connectivity index (χ0v) is 12.6. The van der Waals surface area contributed by atoms with Crippen LogP contribution in [0, 0.1) is 0 Å². The van der Waals surface area contributed by atoms with Gasteiger partial charge >= 0.3 is 0 Å². The Morgan fingerprint density at radius 3 is 2.00 bits per heavy atom. The molecule has 0 aliphatic heterocycles. The van der Waals surface area contributed by atoms with E-state index in [1.54, 1.807) is 24.3 Å². The Morgan fingerprint density at radius 2 is 1.60 bits per heavy atom. The van der Waals surface area contributed by atoms with Gasteiger partial charge in [-0.15, -0.1) is 0 Å². The monoisotopic (exact) mass is 277 g/mol. The first-order valence-corrected chi connectivity index (χ1v) is 6.84. The summed E-state index contributed by atoms with van der Waals surface area (Å²) in [6.45, 7) is 8.85. The molecule has 110 valence electrons. The van der Waals surface area contributed by atoms with Crippen molar-refractivity contribution in [1.82, 2.24) is 4.90 Å². The lowest BCUT2D eigenvalue weighted by Crippen LogP contribution is -2.37. The summed E-state index contributed by atoms with van der Waals surface area (Å²) in [6, 6.07) is 7.41. The molecule has 20 heavy (non-hydrogen) atoms. The molecule has 0 spiro atoms. The van der Waals surface area contributed by atoms with Gasteiger partial charge in [0.05, 0.1) is 6.54 Å². The van der Waals surface area contributed by atoms with Crippen LogP contribution >= 0.6 is 0 Å². The molecule has 0 unspecified atom stereocenters. The molecular formula is C15H23N3O2. The average molecular weight is 277 g/mol. The quantitative estimate of drug-likeness (QED) is 0.839. The minimum atomic E-state index is -0.114.